The molecule has 1 N–H and O–H groups in total. The molecule has 0 unspecified atom stereocenters. The number of nitrogens with zero attached hydrogens (tertiary/aromatic N) is 1. The van der Waals surface area contributed by atoms with Crippen molar-refractivity contribution in [1.82, 2.24) is 4.98 Å². The molecule has 0 saturated carbocycles. The zero-order valence-corrected chi connectivity index (χ0v) is 8.10. The van der Waals surface area contributed by atoms with Crippen LogP contribution < -0.4 is 4.74 Å². The molecule has 0 amide bonds. The van der Waals surface area contributed by atoms with E-state index < -0.39 is 5.97 Å². The van der Waals surface area contributed by atoms with E-state index in [2.05, 4.69) is 4.98 Å². The molecule has 2 aromatic rings. The van der Waals surface area contributed by atoms with Crippen molar-refractivity contribution < 1.29 is 14.6 Å². The molecule has 0 saturated heterocycles. The van der Waals surface area contributed by atoms with Crippen molar-refractivity contribution in [2.75, 3.05) is 7.11 Å². The minimum atomic E-state index is -0.950. The van der Waals surface area contributed by atoms with Crippen molar-refractivity contribution in [2.24, 2.45) is 0 Å². The first kappa shape index (κ1) is 9.45. The molecule has 0 aliphatic rings. The molecule has 76 valence electrons. The molecule has 2 rings (SSSR count). The number of carbonyl (C=O) groups is 1. The first-order valence-electron chi connectivity index (χ1n) is 4.38. The first-order valence-corrected chi connectivity index (χ1v) is 4.38. The van der Waals surface area contributed by atoms with Crippen LogP contribution in [0.2, 0.25) is 0 Å². The van der Waals surface area contributed by atoms with Gasteiger partial charge in [0.25, 0.3) is 0 Å². The smallest absolute Gasteiger partial charge is 0.336 e. The maximum Gasteiger partial charge on any atom is 0.336 e. The number of fused-ring (bicyclic) bond motifs is 1. The normalized spacial score (nSPS) is 10.2. The third-order valence-electron chi connectivity index (χ3n) is 2.23. The lowest BCUT2D eigenvalue weighted by molar-refractivity contribution is 0.0699. The summed E-state index contributed by atoms with van der Waals surface area (Å²) < 4.78 is 5.13. The van der Waals surface area contributed by atoms with Gasteiger partial charge in [0.05, 0.1) is 12.7 Å². The second-order valence-corrected chi connectivity index (χ2v) is 3.04. The van der Waals surface area contributed by atoms with Gasteiger partial charge < -0.3 is 9.84 Å². The molecule has 0 atom stereocenters. The Hall–Kier alpha value is -2.10. The predicted molar refractivity (Wildman–Crippen MR) is 55.3 cm³/mol. The van der Waals surface area contributed by atoms with Gasteiger partial charge in [0.15, 0.2) is 0 Å². The number of hydrogen-bond donors (Lipinski definition) is 1. The minimum Gasteiger partial charge on any atom is -0.496 e. The zero-order valence-electron chi connectivity index (χ0n) is 8.10. The van der Waals surface area contributed by atoms with E-state index >= 15 is 0 Å². The number of methoxy groups -OCH3 is 1. The maximum absolute atomic E-state index is 11.0. The second-order valence-electron chi connectivity index (χ2n) is 3.04. The number of hydrogen-bond acceptors (Lipinski definition) is 3. The Morgan fingerprint density at radius 2 is 2.13 bits per heavy atom. The largest absolute Gasteiger partial charge is 0.496 e. The zero-order chi connectivity index (χ0) is 10.8. The van der Waals surface area contributed by atoms with Gasteiger partial charge in [-0.25, -0.2) is 4.79 Å². The quantitative estimate of drug-likeness (QED) is 0.810. The highest BCUT2D eigenvalue weighted by Crippen LogP contribution is 2.27. The van der Waals surface area contributed by atoms with E-state index in [-0.39, 0.29) is 5.56 Å². The summed E-state index contributed by atoms with van der Waals surface area (Å²) >= 11 is 0. The lowest BCUT2D eigenvalue weighted by Crippen LogP contribution is -1.98. The molecular weight excluding hydrogens is 194 g/mol. The summed E-state index contributed by atoms with van der Waals surface area (Å²) in [6, 6.07) is 4.83. The van der Waals surface area contributed by atoms with Crippen LogP contribution in [-0.4, -0.2) is 23.2 Å². The molecule has 0 fully saturated rings. The van der Waals surface area contributed by atoms with E-state index in [9.17, 15) is 4.79 Å². The van der Waals surface area contributed by atoms with Crippen LogP contribution in [-0.2, 0) is 0 Å². The molecule has 0 spiro atoms. The van der Waals surface area contributed by atoms with Crippen LogP contribution in [0.1, 0.15) is 10.4 Å². The minimum absolute atomic E-state index is 0.258. The van der Waals surface area contributed by atoms with Crippen LogP contribution >= 0.6 is 0 Å². The Morgan fingerprint density at radius 3 is 2.80 bits per heavy atom. The highest BCUT2D eigenvalue weighted by atomic mass is 16.5. The number of ether oxygens (including phenoxy) is 1. The van der Waals surface area contributed by atoms with Crippen molar-refractivity contribution in [3.63, 3.8) is 0 Å². The number of aromatic nitrogens is 1. The molecule has 0 aliphatic carbocycles. The van der Waals surface area contributed by atoms with Gasteiger partial charge in [-0.1, -0.05) is 0 Å². The number of benzene rings is 1. The summed E-state index contributed by atoms with van der Waals surface area (Å²) in [5, 5.41) is 10.3. The summed E-state index contributed by atoms with van der Waals surface area (Å²) in [5.41, 5.74) is 0.258. The summed E-state index contributed by atoms with van der Waals surface area (Å²) in [5.74, 6) is -0.322. The van der Waals surface area contributed by atoms with Crippen LogP contribution in [0.3, 0.4) is 0 Å². The molecular formula is C11H9NO3. The van der Waals surface area contributed by atoms with Crippen molar-refractivity contribution >= 4 is 16.7 Å². The molecule has 1 aromatic heterocycles. The Balaban J connectivity index is 2.83. The van der Waals surface area contributed by atoms with Crippen LogP contribution in [0.15, 0.2) is 30.6 Å². The summed E-state index contributed by atoms with van der Waals surface area (Å²) in [7, 11) is 1.54. The SMILES string of the molecule is COc1ccc(C(=O)O)c2ccncc12. The van der Waals surface area contributed by atoms with Gasteiger partial charge in [-0.2, -0.15) is 0 Å². The maximum atomic E-state index is 11.0. The van der Waals surface area contributed by atoms with E-state index in [0.717, 1.165) is 0 Å². The van der Waals surface area contributed by atoms with Gasteiger partial charge in [0.1, 0.15) is 5.75 Å². The molecule has 15 heavy (non-hydrogen) atoms. The fourth-order valence-electron chi connectivity index (χ4n) is 1.53. The van der Waals surface area contributed by atoms with Gasteiger partial charge in [0, 0.05) is 23.2 Å². The average molecular weight is 203 g/mol. The van der Waals surface area contributed by atoms with E-state index in [1.165, 1.54) is 6.07 Å². The first-order chi connectivity index (χ1) is 7.24. The van der Waals surface area contributed by atoms with Gasteiger partial charge in [-0.15, -0.1) is 0 Å². The number of carboxylic acids is 1. The van der Waals surface area contributed by atoms with E-state index in [0.29, 0.717) is 16.5 Å². The van der Waals surface area contributed by atoms with E-state index in [4.69, 9.17) is 9.84 Å². The molecule has 4 heteroatoms. The predicted octanol–water partition coefficient (Wildman–Crippen LogP) is 1.94. The molecule has 0 bridgehead atoms. The Labute approximate surface area is 86.1 Å². The van der Waals surface area contributed by atoms with Crippen LogP contribution in [0.25, 0.3) is 10.8 Å². The second kappa shape index (κ2) is 3.57. The van der Waals surface area contributed by atoms with Gasteiger partial charge in [-0.3, -0.25) is 4.98 Å². The van der Waals surface area contributed by atoms with Crippen molar-refractivity contribution in [3.8, 4) is 5.75 Å². The van der Waals surface area contributed by atoms with Crippen LogP contribution in [0, 0.1) is 0 Å². The Bertz CT molecular complexity index is 522. The summed E-state index contributed by atoms with van der Waals surface area (Å²) in [6.45, 7) is 0. The average Bonchev–Trinajstić information content (AvgIpc) is 2.27. The van der Waals surface area contributed by atoms with Gasteiger partial charge in [-0.05, 0) is 18.2 Å². The highest BCUT2D eigenvalue weighted by molar-refractivity contribution is 6.05. The Kier molecular flexibility index (Phi) is 2.25. The van der Waals surface area contributed by atoms with Gasteiger partial charge >= 0.3 is 5.97 Å². The lowest BCUT2D eigenvalue weighted by atomic mass is 10.1. The monoisotopic (exact) mass is 203 g/mol. The van der Waals surface area contributed by atoms with Crippen LogP contribution in [0.5, 0.6) is 5.75 Å². The van der Waals surface area contributed by atoms with E-state index in [1.807, 2.05) is 0 Å². The number of pyridine rings is 1. The Morgan fingerprint density at radius 1 is 1.33 bits per heavy atom. The third kappa shape index (κ3) is 1.50. The van der Waals surface area contributed by atoms with Crippen molar-refractivity contribution in [2.45, 2.75) is 0 Å². The van der Waals surface area contributed by atoms with Crippen molar-refractivity contribution in [1.29, 1.82) is 0 Å². The molecule has 1 aromatic carbocycles. The topological polar surface area (TPSA) is 59.4 Å². The van der Waals surface area contributed by atoms with Crippen LogP contribution in [0.4, 0.5) is 0 Å². The van der Waals surface area contributed by atoms with Crippen molar-refractivity contribution in [3.05, 3.63) is 36.2 Å². The number of carboxylic acid groups (broad SMARTS) is 1. The number of aromatic carboxylic acids is 1. The highest BCUT2D eigenvalue weighted by Gasteiger charge is 2.10. The molecule has 0 radical (unpaired) electrons. The fraction of sp³-hybridized carbons (Fsp3) is 0.0909. The fourth-order valence-corrected chi connectivity index (χ4v) is 1.53. The third-order valence-corrected chi connectivity index (χ3v) is 2.23. The van der Waals surface area contributed by atoms with Gasteiger partial charge in [0.2, 0.25) is 0 Å². The standard InChI is InChI=1S/C11H9NO3/c1-15-10-3-2-8(11(13)14)7-4-5-12-6-9(7)10/h2-6H,1H3,(H,13,14). The summed E-state index contributed by atoms with van der Waals surface area (Å²) in [6.07, 6.45) is 3.16. The number of rotatable bonds is 2. The van der Waals surface area contributed by atoms with E-state index in [1.54, 1.807) is 31.6 Å². The molecule has 4 nitrogen and oxygen atoms in total. The molecule has 0 aliphatic heterocycles. The lowest BCUT2D eigenvalue weighted by Gasteiger charge is -2.06. The molecule has 1 heterocycles. The summed E-state index contributed by atoms with van der Waals surface area (Å²) in [4.78, 5) is 14.9.